The predicted molar refractivity (Wildman–Crippen MR) is 87.1 cm³/mol. The van der Waals surface area contributed by atoms with Crippen molar-refractivity contribution in [2.45, 2.75) is 26.4 Å². The number of hydrogen-bond donors (Lipinski definition) is 1. The highest BCUT2D eigenvalue weighted by Crippen LogP contribution is 2.20. The van der Waals surface area contributed by atoms with Gasteiger partial charge in [0.2, 0.25) is 5.91 Å². The molecule has 0 radical (unpaired) electrons. The summed E-state index contributed by atoms with van der Waals surface area (Å²) in [5.74, 6) is -4.81. The van der Waals surface area contributed by atoms with Gasteiger partial charge in [-0.2, -0.15) is 0 Å². The van der Waals surface area contributed by atoms with E-state index < -0.39 is 29.4 Å². The second-order valence-electron chi connectivity index (χ2n) is 5.79. The lowest BCUT2D eigenvalue weighted by Crippen LogP contribution is -2.39. The minimum Gasteiger partial charge on any atom is -0.322 e. The molecular weight excluding hydrogens is 317 g/mol. The number of benzene rings is 2. The quantitative estimate of drug-likeness (QED) is 0.841. The summed E-state index contributed by atoms with van der Waals surface area (Å²) in [7, 11) is 1.76. The van der Waals surface area contributed by atoms with Gasteiger partial charge < -0.3 is 5.32 Å². The van der Waals surface area contributed by atoms with Crippen LogP contribution in [0.1, 0.15) is 18.1 Å². The van der Waals surface area contributed by atoms with E-state index in [0.29, 0.717) is 6.54 Å². The Hall–Kier alpha value is -2.34. The molecule has 128 valence electrons. The summed E-state index contributed by atoms with van der Waals surface area (Å²) in [5.41, 5.74) is 1.79. The third-order valence-electron chi connectivity index (χ3n) is 3.89. The van der Waals surface area contributed by atoms with Crippen molar-refractivity contribution in [3.8, 4) is 0 Å². The number of rotatable bonds is 5. The number of amides is 1. The molecule has 0 spiro atoms. The van der Waals surface area contributed by atoms with Gasteiger partial charge in [0.25, 0.3) is 0 Å². The van der Waals surface area contributed by atoms with Gasteiger partial charge in [-0.1, -0.05) is 29.8 Å². The molecule has 2 rings (SSSR count). The number of halogens is 3. The fourth-order valence-corrected chi connectivity index (χ4v) is 2.18. The van der Waals surface area contributed by atoms with Crippen LogP contribution in [0.3, 0.4) is 0 Å². The molecule has 0 aliphatic carbocycles. The molecule has 3 nitrogen and oxygen atoms in total. The van der Waals surface area contributed by atoms with E-state index in [1.165, 1.54) is 0 Å². The van der Waals surface area contributed by atoms with Crippen molar-refractivity contribution in [1.82, 2.24) is 4.90 Å². The van der Waals surface area contributed by atoms with E-state index in [1.807, 2.05) is 31.2 Å². The molecule has 1 atom stereocenters. The number of nitrogens with zero attached hydrogens (tertiary/aromatic N) is 1. The summed E-state index contributed by atoms with van der Waals surface area (Å²) in [6, 6.07) is 9.07. The predicted octanol–water partition coefficient (Wildman–Crippen LogP) is 3.87. The third-order valence-corrected chi connectivity index (χ3v) is 3.89. The van der Waals surface area contributed by atoms with Gasteiger partial charge in [-0.25, -0.2) is 13.2 Å². The van der Waals surface area contributed by atoms with Crippen LogP contribution in [-0.4, -0.2) is 23.9 Å². The molecule has 1 N–H and O–H groups in total. The van der Waals surface area contributed by atoms with Crippen molar-refractivity contribution >= 4 is 11.6 Å². The van der Waals surface area contributed by atoms with Crippen molar-refractivity contribution in [3.05, 3.63) is 65.0 Å². The number of hydrogen-bond acceptors (Lipinski definition) is 2. The Balaban J connectivity index is 2.03. The molecule has 0 unspecified atom stereocenters. The Morgan fingerprint density at radius 3 is 2.33 bits per heavy atom. The van der Waals surface area contributed by atoms with Crippen LogP contribution in [-0.2, 0) is 11.3 Å². The first-order valence-corrected chi connectivity index (χ1v) is 7.49. The van der Waals surface area contributed by atoms with Crippen LogP contribution in [0, 0.1) is 24.4 Å². The monoisotopic (exact) mass is 336 g/mol. The minimum absolute atomic E-state index is 0.380. The zero-order valence-corrected chi connectivity index (χ0v) is 13.7. The fraction of sp³-hybridized carbons (Fsp3) is 0.278. The normalized spacial score (nSPS) is 12.3. The molecule has 0 aliphatic heterocycles. The number of likely N-dealkylation sites (N-methyl/N-ethyl adjacent to an activating group) is 1. The van der Waals surface area contributed by atoms with Gasteiger partial charge in [-0.3, -0.25) is 9.69 Å². The van der Waals surface area contributed by atoms with Gasteiger partial charge in [0.05, 0.1) is 11.7 Å². The molecule has 0 saturated carbocycles. The largest absolute Gasteiger partial charge is 0.322 e. The van der Waals surface area contributed by atoms with Gasteiger partial charge in [0.15, 0.2) is 17.5 Å². The molecule has 0 saturated heterocycles. The lowest BCUT2D eigenvalue weighted by atomic mass is 10.1. The first kappa shape index (κ1) is 18.0. The Morgan fingerprint density at radius 1 is 1.08 bits per heavy atom. The lowest BCUT2D eigenvalue weighted by Gasteiger charge is -2.24. The van der Waals surface area contributed by atoms with Crippen LogP contribution in [0.25, 0.3) is 0 Å². The highest BCUT2D eigenvalue weighted by atomic mass is 19.2. The lowest BCUT2D eigenvalue weighted by molar-refractivity contribution is -0.120. The maximum Gasteiger partial charge on any atom is 0.241 e. The van der Waals surface area contributed by atoms with Crippen molar-refractivity contribution in [1.29, 1.82) is 0 Å². The van der Waals surface area contributed by atoms with Gasteiger partial charge in [-0.05, 0) is 38.6 Å². The zero-order valence-electron chi connectivity index (χ0n) is 13.7. The molecule has 0 aromatic heterocycles. The van der Waals surface area contributed by atoms with Gasteiger partial charge in [0, 0.05) is 6.54 Å². The number of aryl methyl sites for hydroxylation is 1. The number of carbonyl (C=O) groups is 1. The molecule has 0 aliphatic rings. The first-order valence-electron chi connectivity index (χ1n) is 7.49. The topological polar surface area (TPSA) is 32.3 Å². The Bertz CT molecular complexity index is 732. The van der Waals surface area contributed by atoms with Crippen LogP contribution >= 0.6 is 0 Å². The third kappa shape index (κ3) is 4.14. The molecule has 2 aromatic rings. The Morgan fingerprint density at radius 2 is 1.71 bits per heavy atom. The SMILES string of the molecule is Cc1ccc(CN(C)[C@H](C)C(=O)Nc2ccc(F)c(F)c2F)cc1. The summed E-state index contributed by atoms with van der Waals surface area (Å²) in [6.07, 6.45) is 0. The maximum atomic E-state index is 13.6. The van der Waals surface area contributed by atoms with E-state index in [4.69, 9.17) is 0 Å². The van der Waals surface area contributed by atoms with E-state index in [1.54, 1.807) is 18.9 Å². The zero-order chi connectivity index (χ0) is 17.9. The van der Waals surface area contributed by atoms with Crippen LogP contribution in [0.2, 0.25) is 0 Å². The van der Waals surface area contributed by atoms with E-state index in [9.17, 15) is 18.0 Å². The maximum absolute atomic E-state index is 13.6. The number of anilines is 1. The van der Waals surface area contributed by atoms with Crippen LogP contribution < -0.4 is 5.32 Å². The number of carbonyl (C=O) groups excluding carboxylic acids is 1. The van der Waals surface area contributed by atoms with E-state index in [0.717, 1.165) is 23.3 Å². The fourth-order valence-electron chi connectivity index (χ4n) is 2.18. The average Bonchev–Trinajstić information content (AvgIpc) is 2.56. The van der Waals surface area contributed by atoms with Gasteiger partial charge in [-0.15, -0.1) is 0 Å². The Labute approximate surface area is 139 Å². The van der Waals surface area contributed by atoms with E-state index in [-0.39, 0.29) is 5.69 Å². The highest BCUT2D eigenvalue weighted by molar-refractivity contribution is 5.94. The smallest absolute Gasteiger partial charge is 0.241 e. The van der Waals surface area contributed by atoms with Crippen LogP contribution in [0.4, 0.5) is 18.9 Å². The summed E-state index contributed by atoms with van der Waals surface area (Å²) in [4.78, 5) is 14.0. The second kappa shape index (κ2) is 7.49. The summed E-state index contributed by atoms with van der Waals surface area (Å²) in [5, 5.41) is 2.29. The number of nitrogens with one attached hydrogen (secondary N) is 1. The summed E-state index contributed by atoms with van der Waals surface area (Å²) < 4.78 is 39.8. The molecule has 0 bridgehead atoms. The van der Waals surface area contributed by atoms with Crippen molar-refractivity contribution in [2.24, 2.45) is 0 Å². The van der Waals surface area contributed by atoms with Crippen LogP contribution in [0.5, 0.6) is 0 Å². The van der Waals surface area contributed by atoms with Gasteiger partial charge in [0.1, 0.15) is 0 Å². The molecule has 2 aromatic carbocycles. The van der Waals surface area contributed by atoms with Crippen molar-refractivity contribution in [3.63, 3.8) is 0 Å². The van der Waals surface area contributed by atoms with Crippen molar-refractivity contribution in [2.75, 3.05) is 12.4 Å². The molecule has 0 heterocycles. The standard InChI is InChI=1S/C18H19F3N2O/c1-11-4-6-13(7-5-11)10-23(3)12(2)18(24)22-15-9-8-14(19)16(20)17(15)21/h4-9,12H,10H2,1-3H3,(H,22,24)/t12-/m1/s1. The van der Waals surface area contributed by atoms with Gasteiger partial charge >= 0.3 is 0 Å². The molecular formula is C18H19F3N2O. The molecule has 24 heavy (non-hydrogen) atoms. The summed E-state index contributed by atoms with van der Waals surface area (Å²) in [6.45, 7) is 4.16. The van der Waals surface area contributed by atoms with Crippen LogP contribution in [0.15, 0.2) is 36.4 Å². The molecule has 6 heteroatoms. The summed E-state index contributed by atoms with van der Waals surface area (Å²) >= 11 is 0. The van der Waals surface area contributed by atoms with E-state index in [2.05, 4.69) is 5.32 Å². The molecule has 0 fully saturated rings. The Kier molecular flexibility index (Phi) is 5.62. The first-order chi connectivity index (χ1) is 11.3. The average molecular weight is 336 g/mol. The minimum atomic E-state index is -1.60. The second-order valence-corrected chi connectivity index (χ2v) is 5.79. The van der Waals surface area contributed by atoms with Crippen molar-refractivity contribution < 1.29 is 18.0 Å². The van der Waals surface area contributed by atoms with E-state index >= 15 is 0 Å². The molecule has 1 amide bonds. The highest BCUT2D eigenvalue weighted by Gasteiger charge is 2.21.